The Balaban J connectivity index is 2.04. The number of rotatable bonds is 5. The van der Waals surface area contributed by atoms with Crippen LogP contribution in [0.4, 0.5) is 0 Å². The van der Waals surface area contributed by atoms with Crippen LogP contribution in [0.2, 0.25) is 0 Å². The Morgan fingerprint density at radius 2 is 2.31 bits per heavy atom. The molecule has 16 heavy (non-hydrogen) atoms. The van der Waals surface area contributed by atoms with Gasteiger partial charge in [-0.3, -0.25) is 4.68 Å². The highest BCUT2D eigenvalue weighted by molar-refractivity contribution is 7.89. The molecule has 1 heterocycles. The third-order valence-electron chi connectivity index (χ3n) is 2.92. The first-order valence-electron chi connectivity index (χ1n) is 5.07. The molecule has 0 unspecified atom stereocenters. The van der Waals surface area contributed by atoms with Gasteiger partial charge in [0.15, 0.2) is 0 Å². The minimum absolute atomic E-state index is 0.0303. The number of sulfonamides is 1. The molecule has 0 aromatic carbocycles. The highest BCUT2D eigenvalue weighted by Gasteiger charge is 2.42. The van der Waals surface area contributed by atoms with Gasteiger partial charge in [-0.05, 0) is 12.8 Å². The van der Waals surface area contributed by atoms with Gasteiger partial charge in [-0.2, -0.15) is 5.10 Å². The fourth-order valence-corrected chi connectivity index (χ4v) is 2.58. The van der Waals surface area contributed by atoms with E-state index in [-0.39, 0.29) is 16.9 Å². The number of nitrogens with zero attached hydrogens (tertiary/aromatic N) is 2. The summed E-state index contributed by atoms with van der Waals surface area (Å²) in [5, 5.41) is 12.9. The first-order valence-corrected chi connectivity index (χ1v) is 6.55. The molecule has 7 heteroatoms. The summed E-state index contributed by atoms with van der Waals surface area (Å²) in [6.45, 7) is 0.323. The Kier molecular flexibility index (Phi) is 2.77. The van der Waals surface area contributed by atoms with Crippen LogP contribution in [0.3, 0.4) is 0 Å². The minimum Gasteiger partial charge on any atom is -0.396 e. The molecule has 1 aromatic heterocycles. The van der Waals surface area contributed by atoms with E-state index in [1.807, 2.05) is 0 Å². The predicted molar refractivity (Wildman–Crippen MR) is 57.1 cm³/mol. The van der Waals surface area contributed by atoms with Crippen LogP contribution in [-0.4, -0.2) is 36.5 Å². The summed E-state index contributed by atoms with van der Waals surface area (Å²) in [4.78, 5) is 0.156. The first-order chi connectivity index (χ1) is 7.47. The average molecular weight is 245 g/mol. The Bertz CT molecular complexity index is 476. The number of nitrogens with one attached hydrogen (secondary N) is 1. The first kappa shape index (κ1) is 11.6. The van der Waals surface area contributed by atoms with E-state index in [0.29, 0.717) is 6.54 Å². The molecule has 0 amide bonds. The monoisotopic (exact) mass is 245 g/mol. The van der Waals surface area contributed by atoms with Crippen molar-refractivity contribution in [1.82, 2.24) is 14.5 Å². The fourth-order valence-electron chi connectivity index (χ4n) is 1.44. The van der Waals surface area contributed by atoms with E-state index in [9.17, 15) is 8.42 Å². The van der Waals surface area contributed by atoms with Crippen molar-refractivity contribution in [2.75, 3.05) is 13.2 Å². The van der Waals surface area contributed by atoms with Gasteiger partial charge in [0.05, 0.1) is 6.20 Å². The SMILES string of the molecule is Cn1cc(S(=O)(=O)NCC2(CO)CC2)cn1. The molecule has 1 aliphatic carbocycles. The zero-order valence-corrected chi connectivity index (χ0v) is 9.87. The van der Waals surface area contributed by atoms with Gasteiger partial charge in [0.1, 0.15) is 4.90 Å². The summed E-state index contributed by atoms with van der Waals surface area (Å²) in [6.07, 6.45) is 4.50. The van der Waals surface area contributed by atoms with Crippen LogP contribution in [0, 0.1) is 5.41 Å². The zero-order valence-electron chi connectivity index (χ0n) is 9.05. The lowest BCUT2D eigenvalue weighted by Crippen LogP contribution is -2.31. The van der Waals surface area contributed by atoms with E-state index >= 15 is 0 Å². The normalized spacial score (nSPS) is 18.6. The van der Waals surface area contributed by atoms with E-state index in [1.54, 1.807) is 7.05 Å². The molecule has 0 atom stereocenters. The smallest absolute Gasteiger partial charge is 0.243 e. The summed E-state index contributed by atoms with van der Waals surface area (Å²) in [7, 11) is -1.83. The van der Waals surface area contributed by atoms with Gasteiger partial charge in [-0.25, -0.2) is 13.1 Å². The van der Waals surface area contributed by atoms with Gasteiger partial charge < -0.3 is 5.11 Å². The summed E-state index contributed by atoms with van der Waals surface area (Å²) >= 11 is 0. The van der Waals surface area contributed by atoms with Crippen molar-refractivity contribution in [2.24, 2.45) is 12.5 Å². The van der Waals surface area contributed by atoms with Crippen molar-refractivity contribution >= 4 is 10.0 Å². The molecule has 0 saturated heterocycles. The zero-order chi connectivity index (χ0) is 11.8. The predicted octanol–water partition coefficient (Wildman–Crippen LogP) is -0.529. The third kappa shape index (κ3) is 2.26. The van der Waals surface area contributed by atoms with Crippen molar-refractivity contribution in [3.63, 3.8) is 0 Å². The van der Waals surface area contributed by atoms with E-state index in [1.165, 1.54) is 17.1 Å². The van der Waals surface area contributed by atoms with E-state index in [4.69, 9.17) is 5.11 Å². The molecule has 2 rings (SSSR count). The molecule has 6 nitrogen and oxygen atoms in total. The van der Waals surface area contributed by atoms with Gasteiger partial charge in [0, 0.05) is 31.8 Å². The van der Waals surface area contributed by atoms with Crippen LogP contribution < -0.4 is 4.72 Å². The Morgan fingerprint density at radius 1 is 1.62 bits per heavy atom. The van der Waals surface area contributed by atoms with Gasteiger partial charge in [0.2, 0.25) is 10.0 Å². The molecular formula is C9H15N3O3S. The maximum Gasteiger partial charge on any atom is 0.243 e. The summed E-state index contributed by atoms with van der Waals surface area (Å²) in [5.41, 5.74) is -0.227. The number of aryl methyl sites for hydroxylation is 1. The van der Waals surface area contributed by atoms with Crippen LogP contribution in [-0.2, 0) is 17.1 Å². The van der Waals surface area contributed by atoms with Crippen LogP contribution in [0.25, 0.3) is 0 Å². The van der Waals surface area contributed by atoms with E-state index in [0.717, 1.165) is 12.8 Å². The molecule has 0 aliphatic heterocycles. The number of hydrogen-bond acceptors (Lipinski definition) is 4. The van der Waals surface area contributed by atoms with Crippen LogP contribution in [0.5, 0.6) is 0 Å². The molecule has 0 spiro atoms. The van der Waals surface area contributed by atoms with Crippen molar-refractivity contribution in [3.05, 3.63) is 12.4 Å². The summed E-state index contributed by atoms with van der Waals surface area (Å²) < 4.78 is 27.5. The van der Waals surface area contributed by atoms with Crippen LogP contribution in [0.15, 0.2) is 17.3 Å². The Hall–Kier alpha value is -0.920. The topological polar surface area (TPSA) is 84.2 Å². The molecule has 0 bridgehead atoms. The van der Waals surface area contributed by atoms with E-state index < -0.39 is 10.0 Å². The van der Waals surface area contributed by atoms with Crippen molar-refractivity contribution in [1.29, 1.82) is 0 Å². The third-order valence-corrected chi connectivity index (χ3v) is 4.28. The molecule has 1 aromatic rings. The average Bonchev–Trinajstić information content (AvgIpc) is 2.91. The van der Waals surface area contributed by atoms with Crippen molar-refractivity contribution in [2.45, 2.75) is 17.7 Å². The largest absolute Gasteiger partial charge is 0.396 e. The Morgan fingerprint density at radius 3 is 2.75 bits per heavy atom. The molecule has 1 aliphatic rings. The molecular weight excluding hydrogens is 230 g/mol. The number of aliphatic hydroxyl groups excluding tert-OH is 1. The van der Waals surface area contributed by atoms with Gasteiger partial charge in [0.25, 0.3) is 0 Å². The second kappa shape index (κ2) is 3.83. The van der Waals surface area contributed by atoms with Crippen LogP contribution in [0.1, 0.15) is 12.8 Å². The standard InChI is InChI=1S/C9H15N3O3S/c1-12-5-8(4-10-12)16(14,15)11-6-9(7-13)2-3-9/h4-5,11,13H,2-3,6-7H2,1H3. The van der Waals surface area contributed by atoms with Gasteiger partial charge in [-0.1, -0.05) is 0 Å². The minimum atomic E-state index is -3.49. The van der Waals surface area contributed by atoms with Crippen molar-refractivity contribution in [3.8, 4) is 0 Å². The van der Waals surface area contributed by atoms with Crippen molar-refractivity contribution < 1.29 is 13.5 Å². The van der Waals surface area contributed by atoms with Gasteiger partial charge in [-0.15, -0.1) is 0 Å². The van der Waals surface area contributed by atoms with Crippen LogP contribution >= 0.6 is 0 Å². The fraction of sp³-hybridized carbons (Fsp3) is 0.667. The quantitative estimate of drug-likeness (QED) is 0.730. The van der Waals surface area contributed by atoms with Gasteiger partial charge >= 0.3 is 0 Å². The Labute approximate surface area is 94.3 Å². The second-order valence-corrected chi connectivity index (χ2v) is 6.10. The molecule has 2 N–H and O–H groups in total. The van der Waals surface area contributed by atoms with E-state index in [2.05, 4.69) is 9.82 Å². The number of aromatic nitrogens is 2. The summed E-state index contributed by atoms with van der Waals surface area (Å²) in [5.74, 6) is 0. The molecule has 0 radical (unpaired) electrons. The number of hydrogen-bond donors (Lipinski definition) is 2. The maximum absolute atomic E-state index is 11.8. The second-order valence-electron chi connectivity index (χ2n) is 4.33. The maximum atomic E-state index is 11.8. The lowest BCUT2D eigenvalue weighted by atomic mass is 10.1. The number of aliphatic hydroxyl groups is 1. The molecule has 1 fully saturated rings. The lowest BCUT2D eigenvalue weighted by molar-refractivity contribution is 0.213. The molecule has 90 valence electrons. The highest BCUT2D eigenvalue weighted by atomic mass is 32.2. The molecule has 1 saturated carbocycles. The highest BCUT2D eigenvalue weighted by Crippen LogP contribution is 2.44. The lowest BCUT2D eigenvalue weighted by Gasteiger charge is -2.11. The summed E-state index contributed by atoms with van der Waals surface area (Å²) in [6, 6.07) is 0.